The molecule has 0 rings (SSSR count). The second-order valence-electron chi connectivity index (χ2n) is 2.05. The van der Waals surface area contributed by atoms with Gasteiger partial charge in [-0.2, -0.15) is 0 Å². The zero-order valence-electron chi connectivity index (χ0n) is 6.96. The Morgan fingerprint density at radius 2 is 2.27 bits per heavy atom. The first-order chi connectivity index (χ1) is 5.24. The van der Waals surface area contributed by atoms with Crippen molar-refractivity contribution in [2.24, 2.45) is 0 Å². The molecule has 0 heterocycles. The third-order valence-corrected chi connectivity index (χ3v) is 1.18. The van der Waals surface area contributed by atoms with Gasteiger partial charge in [0.25, 0.3) is 0 Å². The van der Waals surface area contributed by atoms with E-state index in [1.54, 1.807) is 13.8 Å². The van der Waals surface area contributed by atoms with Crippen molar-refractivity contribution in [1.82, 2.24) is 5.32 Å². The molecule has 0 saturated carbocycles. The fourth-order valence-electron chi connectivity index (χ4n) is 0.623. The van der Waals surface area contributed by atoms with E-state index in [9.17, 15) is 4.79 Å². The van der Waals surface area contributed by atoms with Crippen molar-refractivity contribution >= 4 is 5.91 Å². The van der Waals surface area contributed by atoms with Crippen molar-refractivity contribution in [3.05, 3.63) is 0 Å². The summed E-state index contributed by atoms with van der Waals surface area (Å²) in [7, 11) is 0. The Morgan fingerprint density at radius 3 is 2.64 bits per heavy atom. The molecule has 66 valence electrons. The molecule has 1 atom stereocenters. The number of amides is 1. The van der Waals surface area contributed by atoms with Gasteiger partial charge in [-0.25, -0.2) is 0 Å². The molecule has 0 aliphatic rings. The van der Waals surface area contributed by atoms with Gasteiger partial charge < -0.3 is 15.2 Å². The van der Waals surface area contributed by atoms with Crippen molar-refractivity contribution in [2.45, 2.75) is 26.5 Å². The minimum absolute atomic E-state index is 0.113. The highest BCUT2D eigenvalue weighted by atomic mass is 16.5. The van der Waals surface area contributed by atoms with Crippen LogP contribution in [0.4, 0.5) is 0 Å². The maximum atomic E-state index is 10.8. The van der Waals surface area contributed by atoms with E-state index in [0.29, 0.717) is 13.0 Å². The molecule has 11 heavy (non-hydrogen) atoms. The van der Waals surface area contributed by atoms with Crippen LogP contribution in [0, 0.1) is 0 Å². The van der Waals surface area contributed by atoms with Gasteiger partial charge in [-0.15, -0.1) is 0 Å². The second-order valence-corrected chi connectivity index (χ2v) is 2.05. The van der Waals surface area contributed by atoms with E-state index in [1.165, 1.54) is 0 Å². The molecular weight excluding hydrogens is 146 g/mol. The van der Waals surface area contributed by atoms with Crippen LogP contribution in [-0.2, 0) is 9.53 Å². The first-order valence-electron chi connectivity index (χ1n) is 3.76. The summed E-state index contributed by atoms with van der Waals surface area (Å²) in [6, 6.07) is 0. The van der Waals surface area contributed by atoms with Gasteiger partial charge in [0.2, 0.25) is 5.91 Å². The fourth-order valence-corrected chi connectivity index (χ4v) is 0.623. The molecule has 0 bridgehead atoms. The summed E-state index contributed by atoms with van der Waals surface area (Å²) in [5.41, 5.74) is 0. The smallest absolute Gasteiger partial charge is 0.221 e. The van der Waals surface area contributed by atoms with E-state index in [1.807, 2.05) is 0 Å². The van der Waals surface area contributed by atoms with E-state index in [0.717, 1.165) is 0 Å². The number of ether oxygens (including phenoxy) is 1. The third-order valence-electron chi connectivity index (χ3n) is 1.18. The van der Waals surface area contributed by atoms with Crippen LogP contribution in [0.5, 0.6) is 0 Å². The molecule has 4 nitrogen and oxygen atoms in total. The molecule has 0 spiro atoms. The molecule has 0 saturated heterocycles. The average molecular weight is 161 g/mol. The molecule has 4 heteroatoms. The maximum Gasteiger partial charge on any atom is 0.221 e. The lowest BCUT2D eigenvalue weighted by molar-refractivity contribution is -0.126. The first-order valence-corrected chi connectivity index (χ1v) is 3.76. The van der Waals surface area contributed by atoms with Crippen LogP contribution in [0.15, 0.2) is 0 Å². The predicted octanol–water partition coefficient (Wildman–Crippen LogP) is -0.133. The Morgan fingerprint density at radius 1 is 1.64 bits per heavy atom. The summed E-state index contributed by atoms with van der Waals surface area (Å²) >= 11 is 0. The Balaban J connectivity index is 3.58. The lowest BCUT2D eigenvalue weighted by atomic mass is 10.4. The highest BCUT2D eigenvalue weighted by Crippen LogP contribution is 1.86. The molecule has 0 aromatic rings. The molecule has 0 aromatic carbocycles. The van der Waals surface area contributed by atoms with Gasteiger partial charge in [0, 0.05) is 13.0 Å². The lowest BCUT2D eigenvalue weighted by Gasteiger charge is -2.14. The van der Waals surface area contributed by atoms with Crippen LogP contribution in [0.1, 0.15) is 20.3 Å². The Kier molecular flexibility index (Phi) is 5.78. The van der Waals surface area contributed by atoms with Gasteiger partial charge in [0.15, 0.2) is 6.23 Å². The molecule has 0 aromatic heterocycles. The summed E-state index contributed by atoms with van der Waals surface area (Å²) in [5.74, 6) is -0.113. The molecular formula is C7H15NO3. The number of rotatable bonds is 5. The SMILES string of the molecule is CCOC(CO)NC(=O)CC. The van der Waals surface area contributed by atoms with Crippen LogP contribution < -0.4 is 5.32 Å². The molecule has 2 N–H and O–H groups in total. The lowest BCUT2D eigenvalue weighted by Crippen LogP contribution is -2.39. The standard InChI is InChI=1S/C7H15NO3/c1-3-6(10)8-7(5-9)11-4-2/h7,9H,3-5H2,1-2H3,(H,8,10). The molecule has 1 amide bonds. The molecule has 1 unspecified atom stereocenters. The quantitative estimate of drug-likeness (QED) is 0.552. The molecule has 0 aliphatic carbocycles. The summed E-state index contributed by atoms with van der Waals surface area (Å²) in [5, 5.41) is 11.2. The number of carbonyl (C=O) groups is 1. The van der Waals surface area contributed by atoms with Crippen LogP contribution >= 0.6 is 0 Å². The number of nitrogens with one attached hydrogen (secondary N) is 1. The van der Waals surface area contributed by atoms with Gasteiger partial charge in [0.1, 0.15) is 0 Å². The molecule has 0 aliphatic heterocycles. The number of hydrogen-bond donors (Lipinski definition) is 2. The summed E-state index contributed by atoms with van der Waals surface area (Å²) in [6.45, 7) is 3.85. The highest BCUT2D eigenvalue weighted by Gasteiger charge is 2.07. The van der Waals surface area contributed by atoms with E-state index in [-0.39, 0.29) is 12.5 Å². The van der Waals surface area contributed by atoms with Crippen LogP contribution in [0.3, 0.4) is 0 Å². The van der Waals surface area contributed by atoms with Gasteiger partial charge in [0.05, 0.1) is 6.61 Å². The van der Waals surface area contributed by atoms with Crippen LogP contribution in [-0.4, -0.2) is 30.5 Å². The van der Waals surface area contributed by atoms with Crippen molar-refractivity contribution in [1.29, 1.82) is 0 Å². The van der Waals surface area contributed by atoms with Crippen molar-refractivity contribution in [2.75, 3.05) is 13.2 Å². The largest absolute Gasteiger partial charge is 0.392 e. The second kappa shape index (κ2) is 6.12. The summed E-state index contributed by atoms with van der Waals surface area (Å²) < 4.78 is 4.98. The Labute approximate surface area is 66.5 Å². The van der Waals surface area contributed by atoms with Crippen molar-refractivity contribution in [3.63, 3.8) is 0 Å². The summed E-state index contributed by atoms with van der Waals surface area (Å²) in [6.07, 6.45) is -0.142. The van der Waals surface area contributed by atoms with Crippen molar-refractivity contribution in [3.8, 4) is 0 Å². The minimum atomic E-state index is -0.549. The fraction of sp³-hybridized carbons (Fsp3) is 0.857. The third kappa shape index (κ3) is 4.75. The normalized spacial score (nSPS) is 12.6. The number of hydrogen-bond acceptors (Lipinski definition) is 3. The van der Waals surface area contributed by atoms with Crippen molar-refractivity contribution < 1.29 is 14.6 Å². The zero-order chi connectivity index (χ0) is 8.69. The molecule has 0 radical (unpaired) electrons. The van der Waals surface area contributed by atoms with E-state index >= 15 is 0 Å². The number of carbonyl (C=O) groups excluding carboxylic acids is 1. The van der Waals surface area contributed by atoms with E-state index in [2.05, 4.69) is 5.32 Å². The highest BCUT2D eigenvalue weighted by molar-refractivity contribution is 5.75. The minimum Gasteiger partial charge on any atom is -0.392 e. The molecule has 0 fully saturated rings. The predicted molar refractivity (Wildman–Crippen MR) is 40.9 cm³/mol. The van der Waals surface area contributed by atoms with Gasteiger partial charge in [-0.05, 0) is 6.92 Å². The number of aliphatic hydroxyl groups is 1. The Hall–Kier alpha value is -0.610. The van der Waals surface area contributed by atoms with Gasteiger partial charge in [-0.3, -0.25) is 4.79 Å². The maximum absolute atomic E-state index is 10.8. The number of aliphatic hydroxyl groups excluding tert-OH is 1. The monoisotopic (exact) mass is 161 g/mol. The average Bonchev–Trinajstić information content (AvgIpc) is 2.03. The Bertz CT molecular complexity index is 116. The topological polar surface area (TPSA) is 58.6 Å². The summed E-state index contributed by atoms with van der Waals surface area (Å²) in [4.78, 5) is 10.8. The van der Waals surface area contributed by atoms with Gasteiger partial charge >= 0.3 is 0 Å². The van der Waals surface area contributed by atoms with E-state index < -0.39 is 6.23 Å². The zero-order valence-corrected chi connectivity index (χ0v) is 6.96. The van der Waals surface area contributed by atoms with E-state index in [4.69, 9.17) is 9.84 Å². The van der Waals surface area contributed by atoms with Crippen LogP contribution in [0.25, 0.3) is 0 Å². The van der Waals surface area contributed by atoms with Crippen LogP contribution in [0.2, 0.25) is 0 Å². The van der Waals surface area contributed by atoms with Gasteiger partial charge in [-0.1, -0.05) is 6.92 Å². The first kappa shape index (κ1) is 10.4.